The number of aromatic nitrogens is 2. The molecule has 0 saturated carbocycles. The summed E-state index contributed by atoms with van der Waals surface area (Å²) < 4.78 is 57.8. The summed E-state index contributed by atoms with van der Waals surface area (Å²) in [5.41, 5.74) is -1.07. The van der Waals surface area contributed by atoms with Gasteiger partial charge in [0, 0.05) is 10.5 Å². The maximum absolute atomic E-state index is 13.7. The molecule has 180 valence electrons. The van der Waals surface area contributed by atoms with Crippen LogP contribution in [0.15, 0.2) is 39.6 Å². The standard InChI is InChI=1S/C21H15Cl2F3N2O5S/c22-9-2-1-8(5-10(9)23)34-21-16(30)14(18-17(32-21)13(29)6-31-18)20-28-27-19(33-20)7-3-11(24)15(26)12(25)4-7/h1-5,13-14,16-18,21,29-30H,6H2/t13?,14?,16?,17?,18-,21-/m1/s1. The van der Waals surface area contributed by atoms with Crippen molar-refractivity contribution < 1.29 is 37.3 Å². The molecule has 2 saturated heterocycles. The Kier molecular flexibility index (Phi) is 6.53. The topological polar surface area (TPSA) is 97.8 Å². The Hall–Kier alpha value is -1.86. The first-order valence-electron chi connectivity index (χ1n) is 9.96. The lowest BCUT2D eigenvalue weighted by Gasteiger charge is -2.40. The van der Waals surface area contributed by atoms with Crippen LogP contribution in [0.3, 0.4) is 0 Å². The number of hydrogen-bond donors (Lipinski definition) is 2. The first-order chi connectivity index (χ1) is 16.2. The van der Waals surface area contributed by atoms with Crippen molar-refractivity contribution in [1.82, 2.24) is 10.2 Å². The lowest BCUT2D eigenvalue weighted by atomic mass is 9.89. The predicted octanol–water partition coefficient (Wildman–Crippen LogP) is 4.18. The summed E-state index contributed by atoms with van der Waals surface area (Å²) in [6.07, 6.45) is -3.86. The molecule has 2 aliphatic rings. The third kappa shape index (κ3) is 4.30. The van der Waals surface area contributed by atoms with Crippen LogP contribution < -0.4 is 0 Å². The first-order valence-corrected chi connectivity index (χ1v) is 11.6. The number of nitrogens with zero attached hydrogens (tertiary/aromatic N) is 2. The van der Waals surface area contributed by atoms with E-state index in [1.54, 1.807) is 18.2 Å². The van der Waals surface area contributed by atoms with Crippen molar-refractivity contribution in [3.05, 3.63) is 63.7 Å². The Morgan fingerprint density at radius 2 is 1.71 bits per heavy atom. The highest BCUT2D eigenvalue weighted by Crippen LogP contribution is 2.45. The van der Waals surface area contributed by atoms with Gasteiger partial charge in [-0.15, -0.1) is 10.2 Å². The molecule has 1 aromatic heterocycles. The Labute approximate surface area is 204 Å². The molecule has 2 aromatic carbocycles. The maximum atomic E-state index is 13.7. The van der Waals surface area contributed by atoms with Gasteiger partial charge in [-0.2, -0.15) is 0 Å². The fourth-order valence-corrected chi connectivity index (χ4v) is 5.38. The lowest BCUT2D eigenvalue weighted by molar-refractivity contribution is -0.148. The van der Waals surface area contributed by atoms with Crippen LogP contribution in [-0.4, -0.2) is 56.9 Å². The third-order valence-electron chi connectivity index (χ3n) is 5.55. The zero-order valence-electron chi connectivity index (χ0n) is 16.9. The van der Waals surface area contributed by atoms with E-state index in [0.717, 1.165) is 23.9 Å². The van der Waals surface area contributed by atoms with Gasteiger partial charge in [0.15, 0.2) is 17.5 Å². The van der Waals surface area contributed by atoms with Gasteiger partial charge in [-0.25, -0.2) is 13.2 Å². The number of aliphatic hydroxyl groups is 2. The molecule has 6 atom stereocenters. The molecule has 0 bridgehead atoms. The highest BCUT2D eigenvalue weighted by molar-refractivity contribution is 7.99. The summed E-state index contributed by atoms with van der Waals surface area (Å²) in [4.78, 5) is 0.646. The van der Waals surface area contributed by atoms with E-state index in [4.69, 9.17) is 37.1 Å². The Bertz CT molecular complexity index is 1210. The smallest absolute Gasteiger partial charge is 0.247 e. The molecular formula is C21H15Cl2F3N2O5S. The van der Waals surface area contributed by atoms with Crippen LogP contribution in [0.2, 0.25) is 10.0 Å². The van der Waals surface area contributed by atoms with E-state index >= 15 is 0 Å². The van der Waals surface area contributed by atoms with Gasteiger partial charge in [0.1, 0.15) is 29.9 Å². The quantitative estimate of drug-likeness (QED) is 0.481. The van der Waals surface area contributed by atoms with Crippen molar-refractivity contribution in [2.75, 3.05) is 6.61 Å². The number of ether oxygens (including phenoxy) is 2. The van der Waals surface area contributed by atoms with Crippen molar-refractivity contribution in [2.45, 2.75) is 40.7 Å². The van der Waals surface area contributed by atoms with E-state index in [1.807, 2.05) is 0 Å². The number of benzene rings is 2. The van der Waals surface area contributed by atoms with Crippen LogP contribution in [0.1, 0.15) is 11.8 Å². The predicted molar refractivity (Wildman–Crippen MR) is 115 cm³/mol. The van der Waals surface area contributed by atoms with E-state index in [-0.39, 0.29) is 24.0 Å². The molecule has 34 heavy (non-hydrogen) atoms. The molecule has 13 heteroatoms. The summed E-state index contributed by atoms with van der Waals surface area (Å²) in [5, 5.41) is 29.9. The minimum absolute atomic E-state index is 0.0436. The van der Waals surface area contributed by atoms with Gasteiger partial charge in [-0.1, -0.05) is 35.0 Å². The van der Waals surface area contributed by atoms with Crippen molar-refractivity contribution in [3.63, 3.8) is 0 Å². The van der Waals surface area contributed by atoms with Crippen molar-refractivity contribution in [1.29, 1.82) is 0 Å². The molecule has 0 spiro atoms. The fraction of sp³-hybridized carbons (Fsp3) is 0.333. The van der Waals surface area contributed by atoms with E-state index in [2.05, 4.69) is 10.2 Å². The minimum atomic E-state index is -1.62. The zero-order chi connectivity index (χ0) is 24.1. The highest BCUT2D eigenvalue weighted by atomic mass is 35.5. The van der Waals surface area contributed by atoms with Crippen LogP contribution in [0.25, 0.3) is 11.5 Å². The van der Waals surface area contributed by atoms with Crippen LogP contribution in [0.5, 0.6) is 0 Å². The molecule has 2 aliphatic heterocycles. The minimum Gasteiger partial charge on any atom is -0.420 e. The Balaban J connectivity index is 1.46. The van der Waals surface area contributed by atoms with Crippen LogP contribution >= 0.6 is 35.0 Å². The number of aliphatic hydroxyl groups excluding tert-OH is 2. The number of fused-ring (bicyclic) bond motifs is 1. The van der Waals surface area contributed by atoms with Crippen LogP contribution in [-0.2, 0) is 9.47 Å². The SMILES string of the molecule is OC1CO[C@H]2C1O[C@H](Sc1ccc(Cl)c(Cl)c1)C(O)C2c1nnc(-c2cc(F)c(F)c(F)c2)o1. The largest absolute Gasteiger partial charge is 0.420 e. The molecule has 2 fully saturated rings. The van der Waals surface area contributed by atoms with Gasteiger partial charge in [-0.3, -0.25) is 0 Å². The van der Waals surface area contributed by atoms with Gasteiger partial charge in [0.2, 0.25) is 11.8 Å². The summed E-state index contributed by atoms with van der Waals surface area (Å²) in [7, 11) is 0. The molecule has 2 N–H and O–H groups in total. The fourth-order valence-electron chi connectivity index (χ4n) is 3.93. The molecular weight excluding hydrogens is 520 g/mol. The molecule has 7 nitrogen and oxygen atoms in total. The number of thioether (sulfide) groups is 1. The van der Waals surface area contributed by atoms with Gasteiger partial charge in [-0.05, 0) is 30.3 Å². The molecule has 3 heterocycles. The number of halogens is 5. The first kappa shape index (κ1) is 23.9. The van der Waals surface area contributed by atoms with Crippen LogP contribution in [0, 0.1) is 17.5 Å². The van der Waals surface area contributed by atoms with Crippen molar-refractivity contribution >= 4 is 35.0 Å². The van der Waals surface area contributed by atoms with E-state index in [9.17, 15) is 23.4 Å². The second kappa shape index (κ2) is 9.30. The Morgan fingerprint density at radius 3 is 2.41 bits per heavy atom. The van der Waals surface area contributed by atoms with Gasteiger partial charge >= 0.3 is 0 Å². The third-order valence-corrected chi connectivity index (χ3v) is 7.44. The van der Waals surface area contributed by atoms with Gasteiger partial charge in [0.25, 0.3) is 0 Å². The summed E-state index contributed by atoms with van der Waals surface area (Å²) >= 11 is 13.2. The van der Waals surface area contributed by atoms with Gasteiger partial charge < -0.3 is 24.1 Å². The number of hydrogen-bond acceptors (Lipinski definition) is 8. The number of rotatable bonds is 4. The summed E-state index contributed by atoms with van der Waals surface area (Å²) in [6.45, 7) is -0.0436. The molecule has 0 amide bonds. The lowest BCUT2D eigenvalue weighted by Crippen LogP contribution is -2.52. The van der Waals surface area contributed by atoms with E-state index in [0.29, 0.717) is 14.9 Å². The zero-order valence-corrected chi connectivity index (χ0v) is 19.2. The molecule has 4 unspecified atom stereocenters. The summed E-state index contributed by atoms with van der Waals surface area (Å²) in [5.74, 6) is -5.77. The summed E-state index contributed by atoms with van der Waals surface area (Å²) in [6, 6.07) is 6.34. The molecule has 0 aliphatic carbocycles. The normalized spacial score (nSPS) is 28.8. The van der Waals surface area contributed by atoms with E-state index in [1.165, 1.54) is 0 Å². The van der Waals surface area contributed by atoms with Crippen LogP contribution in [0.4, 0.5) is 13.2 Å². The van der Waals surface area contributed by atoms with Crippen molar-refractivity contribution in [3.8, 4) is 11.5 Å². The molecule has 5 rings (SSSR count). The average Bonchev–Trinajstić information content (AvgIpc) is 3.42. The maximum Gasteiger partial charge on any atom is 0.247 e. The van der Waals surface area contributed by atoms with Crippen molar-refractivity contribution in [2.24, 2.45) is 0 Å². The van der Waals surface area contributed by atoms with Gasteiger partial charge in [0.05, 0.1) is 22.6 Å². The molecule has 3 aromatic rings. The monoisotopic (exact) mass is 534 g/mol. The average molecular weight is 535 g/mol. The highest BCUT2D eigenvalue weighted by Gasteiger charge is 2.54. The van der Waals surface area contributed by atoms with E-state index < -0.39 is 53.2 Å². The second-order valence-corrected chi connectivity index (χ2v) is 9.73. The second-order valence-electron chi connectivity index (χ2n) is 7.74. The molecule has 0 radical (unpaired) electrons. The Morgan fingerprint density at radius 1 is 0.971 bits per heavy atom.